The molecule has 1 heterocycles. The zero-order valence-corrected chi connectivity index (χ0v) is 12.2. The van der Waals surface area contributed by atoms with Gasteiger partial charge >= 0.3 is 6.01 Å². The summed E-state index contributed by atoms with van der Waals surface area (Å²) in [5.41, 5.74) is 0. The fourth-order valence-corrected chi connectivity index (χ4v) is 1.71. The van der Waals surface area contributed by atoms with Gasteiger partial charge in [-0.25, -0.2) is 0 Å². The minimum atomic E-state index is 0.0560. The third kappa shape index (κ3) is 3.94. The van der Waals surface area contributed by atoms with Crippen LogP contribution in [0.15, 0.2) is 0 Å². The van der Waals surface area contributed by atoms with E-state index in [1.807, 2.05) is 20.9 Å². The fraction of sp³-hybridized carbons (Fsp3) is 0.769. The van der Waals surface area contributed by atoms with Crippen molar-refractivity contribution in [1.29, 1.82) is 0 Å². The first-order valence-corrected chi connectivity index (χ1v) is 6.99. The quantitative estimate of drug-likeness (QED) is 0.814. The highest BCUT2D eigenvalue weighted by atomic mass is 16.5. The number of hydrogen-bond acceptors (Lipinski definition) is 6. The van der Waals surface area contributed by atoms with Crippen molar-refractivity contribution < 1.29 is 4.74 Å². The SMILES string of the molecule is CCCNc1nc(OC(C)C)nc(N(C)C2CC2)n1. The molecule has 1 aliphatic carbocycles. The predicted molar refractivity (Wildman–Crippen MR) is 75.8 cm³/mol. The summed E-state index contributed by atoms with van der Waals surface area (Å²) in [6.45, 7) is 6.88. The summed E-state index contributed by atoms with van der Waals surface area (Å²) in [5, 5.41) is 3.19. The zero-order valence-electron chi connectivity index (χ0n) is 12.2. The molecule has 0 unspecified atom stereocenters. The maximum Gasteiger partial charge on any atom is 0.323 e. The summed E-state index contributed by atoms with van der Waals surface area (Å²) < 4.78 is 5.60. The van der Waals surface area contributed by atoms with Crippen molar-refractivity contribution in [2.24, 2.45) is 0 Å². The molecule has 0 atom stereocenters. The molecule has 6 heteroatoms. The normalized spacial score (nSPS) is 14.6. The monoisotopic (exact) mass is 265 g/mol. The first kappa shape index (κ1) is 13.8. The van der Waals surface area contributed by atoms with Crippen molar-refractivity contribution in [3.63, 3.8) is 0 Å². The Labute approximate surface area is 114 Å². The molecular weight excluding hydrogens is 242 g/mol. The number of hydrogen-bond donors (Lipinski definition) is 1. The van der Waals surface area contributed by atoms with Gasteiger partial charge in [0.15, 0.2) is 0 Å². The minimum absolute atomic E-state index is 0.0560. The van der Waals surface area contributed by atoms with Crippen LogP contribution in [0.4, 0.5) is 11.9 Å². The maximum atomic E-state index is 5.60. The molecule has 0 radical (unpaired) electrons. The fourth-order valence-electron chi connectivity index (χ4n) is 1.71. The molecule has 0 aliphatic heterocycles. The molecule has 0 bridgehead atoms. The second-order valence-electron chi connectivity index (χ2n) is 5.18. The average molecular weight is 265 g/mol. The molecule has 0 spiro atoms. The van der Waals surface area contributed by atoms with E-state index in [0.29, 0.717) is 23.9 Å². The average Bonchev–Trinajstić information content (AvgIpc) is 3.18. The highest BCUT2D eigenvalue weighted by Crippen LogP contribution is 2.29. The molecule has 1 aromatic heterocycles. The number of anilines is 2. The van der Waals surface area contributed by atoms with Crippen LogP contribution < -0.4 is 15.0 Å². The van der Waals surface area contributed by atoms with Gasteiger partial charge in [0.2, 0.25) is 11.9 Å². The second-order valence-corrected chi connectivity index (χ2v) is 5.18. The maximum absolute atomic E-state index is 5.60. The summed E-state index contributed by atoms with van der Waals surface area (Å²) in [6, 6.07) is 0.958. The molecule has 19 heavy (non-hydrogen) atoms. The van der Waals surface area contributed by atoms with Gasteiger partial charge in [0.1, 0.15) is 0 Å². The third-order valence-electron chi connectivity index (χ3n) is 2.89. The molecule has 1 aliphatic rings. The molecule has 1 fully saturated rings. The van der Waals surface area contributed by atoms with Crippen molar-refractivity contribution in [3.8, 4) is 6.01 Å². The Kier molecular flexibility index (Phi) is 4.39. The van der Waals surface area contributed by atoms with E-state index in [2.05, 4.69) is 32.1 Å². The lowest BCUT2D eigenvalue weighted by molar-refractivity contribution is 0.222. The van der Waals surface area contributed by atoms with Gasteiger partial charge < -0.3 is 15.0 Å². The molecule has 0 aromatic carbocycles. The molecule has 2 rings (SSSR count). The molecule has 0 saturated heterocycles. The van der Waals surface area contributed by atoms with Crippen molar-refractivity contribution in [2.75, 3.05) is 23.8 Å². The second kappa shape index (κ2) is 6.04. The Morgan fingerprint density at radius 2 is 2.05 bits per heavy atom. The molecule has 1 aromatic rings. The van der Waals surface area contributed by atoms with Crippen LogP contribution in [-0.2, 0) is 0 Å². The molecule has 6 nitrogen and oxygen atoms in total. The summed E-state index contributed by atoms with van der Waals surface area (Å²) in [4.78, 5) is 15.2. The van der Waals surface area contributed by atoms with Crippen LogP contribution in [0, 0.1) is 0 Å². The van der Waals surface area contributed by atoms with Crippen LogP contribution in [0.2, 0.25) is 0 Å². The lowest BCUT2D eigenvalue weighted by Gasteiger charge is -2.18. The van der Waals surface area contributed by atoms with Gasteiger partial charge in [0.05, 0.1) is 6.10 Å². The lowest BCUT2D eigenvalue weighted by Crippen LogP contribution is -2.23. The predicted octanol–water partition coefficient (Wildman–Crippen LogP) is 2.08. The first-order valence-electron chi connectivity index (χ1n) is 6.99. The Balaban J connectivity index is 2.19. The van der Waals surface area contributed by atoms with Gasteiger partial charge in [-0.3, -0.25) is 0 Å². The summed E-state index contributed by atoms with van der Waals surface area (Å²) in [5.74, 6) is 1.28. The van der Waals surface area contributed by atoms with Crippen LogP contribution in [-0.4, -0.2) is 40.7 Å². The molecule has 106 valence electrons. The van der Waals surface area contributed by atoms with Gasteiger partial charge in [0.25, 0.3) is 0 Å². The summed E-state index contributed by atoms with van der Waals surface area (Å²) in [7, 11) is 2.02. The van der Waals surface area contributed by atoms with E-state index in [-0.39, 0.29) is 6.10 Å². The third-order valence-corrected chi connectivity index (χ3v) is 2.89. The molecule has 1 N–H and O–H groups in total. The molecular formula is C13H23N5O. The van der Waals surface area contributed by atoms with Crippen LogP contribution in [0.5, 0.6) is 6.01 Å². The van der Waals surface area contributed by atoms with Crippen molar-refractivity contribution in [3.05, 3.63) is 0 Å². The van der Waals surface area contributed by atoms with Gasteiger partial charge in [-0.15, -0.1) is 0 Å². The van der Waals surface area contributed by atoms with Crippen molar-refractivity contribution >= 4 is 11.9 Å². The van der Waals surface area contributed by atoms with E-state index in [1.165, 1.54) is 12.8 Å². The van der Waals surface area contributed by atoms with Crippen LogP contribution in [0.1, 0.15) is 40.0 Å². The number of rotatable bonds is 7. The highest BCUT2D eigenvalue weighted by molar-refractivity contribution is 5.39. The number of nitrogens with one attached hydrogen (secondary N) is 1. The van der Waals surface area contributed by atoms with Crippen LogP contribution >= 0.6 is 0 Å². The smallest absolute Gasteiger partial charge is 0.323 e. The number of ether oxygens (including phenoxy) is 1. The highest BCUT2D eigenvalue weighted by Gasteiger charge is 2.28. The zero-order chi connectivity index (χ0) is 13.8. The van der Waals surface area contributed by atoms with Gasteiger partial charge in [-0.05, 0) is 33.1 Å². The lowest BCUT2D eigenvalue weighted by atomic mass is 10.5. The van der Waals surface area contributed by atoms with Gasteiger partial charge in [-0.1, -0.05) is 6.92 Å². The first-order chi connectivity index (χ1) is 9.10. The van der Waals surface area contributed by atoms with E-state index in [4.69, 9.17) is 4.74 Å². The van der Waals surface area contributed by atoms with Crippen molar-refractivity contribution in [1.82, 2.24) is 15.0 Å². The minimum Gasteiger partial charge on any atom is -0.461 e. The van der Waals surface area contributed by atoms with E-state index in [0.717, 1.165) is 13.0 Å². The Morgan fingerprint density at radius 3 is 2.63 bits per heavy atom. The van der Waals surface area contributed by atoms with Gasteiger partial charge in [0, 0.05) is 19.6 Å². The Hall–Kier alpha value is -1.59. The largest absolute Gasteiger partial charge is 0.461 e. The van der Waals surface area contributed by atoms with Crippen LogP contribution in [0.25, 0.3) is 0 Å². The number of aromatic nitrogens is 3. The Bertz CT molecular complexity index is 419. The molecule has 1 saturated carbocycles. The van der Waals surface area contributed by atoms with E-state index in [9.17, 15) is 0 Å². The number of nitrogens with zero attached hydrogens (tertiary/aromatic N) is 4. The van der Waals surface area contributed by atoms with E-state index < -0.39 is 0 Å². The summed E-state index contributed by atoms with van der Waals surface area (Å²) >= 11 is 0. The van der Waals surface area contributed by atoms with Crippen LogP contribution in [0.3, 0.4) is 0 Å². The topological polar surface area (TPSA) is 63.2 Å². The van der Waals surface area contributed by atoms with Crippen molar-refractivity contribution in [2.45, 2.75) is 52.2 Å². The standard InChI is InChI=1S/C13H23N5O/c1-5-8-14-11-15-12(18(4)10-6-7-10)17-13(16-11)19-9(2)3/h9-10H,5-8H2,1-4H3,(H,14,15,16,17). The Morgan fingerprint density at radius 1 is 1.32 bits per heavy atom. The van der Waals surface area contributed by atoms with E-state index in [1.54, 1.807) is 0 Å². The summed E-state index contributed by atoms with van der Waals surface area (Å²) in [6.07, 6.45) is 3.50. The van der Waals surface area contributed by atoms with Gasteiger partial charge in [-0.2, -0.15) is 15.0 Å². The van der Waals surface area contributed by atoms with E-state index >= 15 is 0 Å². The molecule has 0 amide bonds.